The van der Waals surface area contributed by atoms with Gasteiger partial charge in [0, 0.05) is 0 Å². The Balaban J connectivity index is 2.46. The van der Waals surface area contributed by atoms with Crippen LogP contribution < -0.4 is 16.2 Å². The highest BCUT2D eigenvalue weighted by Crippen LogP contribution is 2.33. The molecule has 0 aromatic heterocycles. The van der Waals surface area contributed by atoms with E-state index in [-0.39, 0.29) is 5.56 Å². The van der Waals surface area contributed by atoms with Gasteiger partial charge in [-0.15, -0.1) is 0 Å². The third kappa shape index (κ3) is 2.56. The molecule has 0 saturated carbocycles. The average molecular weight is 354 g/mol. The summed E-state index contributed by atoms with van der Waals surface area (Å²) in [5.74, 6) is 0.371. The van der Waals surface area contributed by atoms with Crippen molar-refractivity contribution in [2.75, 3.05) is 5.73 Å². The van der Waals surface area contributed by atoms with Gasteiger partial charge in [-0.3, -0.25) is 4.79 Å². The maximum absolute atomic E-state index is 11.3. The Morgan fingerprint density at radius 3 is 2.50 bits per heavy atom. The quantitative estimate of drug-likeness (QED) is 0.657. The number of benzene rings is 2. The number of anilines is 1. The molecule has 1 amide bonds. The molecule has 0 bridgehead atoms. The van der Waals surface area contributed by atoms with E-state index >= 15 is 0 Å². The third-order valence-electron chi connectivity index (χ3n) is 2.36. The van der Waals surface area contributed by atoms with Crippen molar-refractivity contribution in [2.24, 2.45) is 5.73 Å². The summed E-state index contributed by atoms with van der Waals surface area (Å²) in [5.41, 5.74) is 11.8. The zero-order chi connectivity index (χ0) is 13.1. The Morgan fingerprint density at radius 2 is 1.83 bits per heavy atom. The first-order chi connectivity index (χ1) is 8.59. The molecule has 0 fully saturated rings. The zero-order valence-corrected chi connectivity index (χ0v) is 11.5. The lowest BCUT2D eigenvalue weighted by Gasteiger charge is -2.12. The molecule has 0 heterocycles. The monoisotopic (exact) mass is 354 g/mol. The van der Waals surface area contributed by atoms with Crippen LogP contribution in [-0.4, -0.2) is 5.91 Å². The van der Waals surface area contributed by atoms with Crippen LogP contribution in [0.15, 0.2) is 42.5 Å². The van der Waals surface area contributed by atoms with E-state index < -0.39 is 5.91 Å². The lowest BCUT2D eigenvalue weighted by molar-refractivity contribution is 0.0998. The molecule has 0 radical (unpaired) electrons. The summed E-state index contributed by atoms with van der Waals surface area (Å²) in [5, 5.41) is 0. The van der Waals surface area contributed by atoms with Crippen molar-refractivity contribution in [3.05, 3.63) is 51.6 Å². The standard InChI is InChI=1S/C13H11IN2O2/c14-9-5-1-2-7-11(9)18-12-8(13(16)17)4-3-6-10(12)15/h1-7H,15H2,(H2,16,17). The van der Waals surface area contributed by atoms with Crippen molar-refractivity contribution in [3.63, 3.8) is 0 Å². The molecule has 0 unspecified atom stereocenters. The number of hydrogen-bond acceptors (Lipinski definition) is 3. The van der Waals surface area contributed by atoms with Crippen molar-refractivity contribution in [2.45, 2.75) is 0 Å². The molecule has 2 aromatic rings. The fourth-order valence-electron chi connectivity index (χ4n) is 1.50. The van der Waals surface area contributed by atoms with Gasteiger partial charge in [0.05, 0.1) is 14.8 Å². The van der Waals surface area contributed by atoms with Gasteiger partial charge in [0.15, 0.2) is 5.75 Å². The van der Waals surface area contributed by atoms with Gasteiger partial charge in [-0.25, -0.2) is 0 Å². The van der Waals surface area contributed by atoms with E-state index in [9.17, 15) is 4.79 Å². The first kappa shape index (κ1) is 12.7. The highest BCUT2D eigenvalue weighted by molar-refractivity contribution is 14.1. The summed E-state index contributed by atoms with van der Waals surface area (Å²) in [4.78, 5) is 11.3. The van der Waals surface area contributed by atoms with E-state index in [1.54, 1.807) is 24.3 Å². The Labute approximate surface area is 118 Å². The first-order valence-corrected chi connectivity index (χ1v) is 6.28. The largest absolute Gasteiger partial charge is 0.453 e. The SMILES string of the molecule is NC(=O)c1cccc(N)c1Oc1ccccc1I. The van der Waals surface area contributed by atoms with Crippen LogP contribution in [0.4, 0.5) is 5.69 Å². The normalized spacial score (nSPS) is 10.1. The van der Waals surface area contributed by atoms with Gasteiger partial charge in [-0.1, -0.05) is 18.2 Å². The minimum Gasteiger partial charge on any atom is -0.453 e. The molecule has 18 heavy (non-hydrogen) atoms. The van der Waals surface area contributed by atoms with Gasteiger partial charge in [0.25, 0.3) is 5.91 Å². The Morgan fingerprint density at radius 1 is 1.11 bits per heavy atom. The Bertz CT molecular complexity index is 599. The molecule has 2 aromatic carbocycles. The molecule has 0 atom stereocenters. The van der Waals surface area contributed by atoms with Crippen LogP contribution in [0, 0.1) is 3.57 Å². The van der Waals surface area contributed by atoms with Gasteiger partial charge in [0.1, 0.15) is 5.75 Å². The second kappa shape index (κ2) is 5.26. The van der Waals surface area contributed by atoms with Crippen molar-refractivity contribution < 1.29 is 9.53 Å². The number of halogens is 1. The number of ether oxygens (including phenoxy) is 1. The summed E-state index contributed by atoms with van der Waals surface area (Å²) in [7, 11) is 0. The predicted octanol–water partition coefficient (Wildman–Crippen LogP) is 2.76. The number of carbonyl (C=O) groups excluding carboxylic acids is 1. The lowest BCUT2D eigenvalue weighted by atomic mass is 10.1. The smallest absolute Gasteiger partial charge is 0.252 e. The lowest BCUT2D eigenvalue weighted by Crippen LogP contribution is -2.13. The summed E-state index contributed by atoms with van der Waals surface area (Å²) in [6.45, 7) is 0. The van der Waals surface area contributed by atoms with Crippen LogP contribution in [0.1, 0.15) is 10.4 Å². The van der Waals surface area contributed by atoms with Gasteiger partial charge >= 0.3 is 0 Å². The third-order valence-corrected chi connectivity index (χ3v) is 3.25. The van der Waals surface area contributed by atoms with Crippen molar-refractivity contribution >= 4 is 34.2 Å². The number of carbonyl (C=O) groups is 1. The molecular weight excluding hydrogens is 343 g/mol. The maximum Gasteiger partial charge on any atom is 0.252 e. The molecule has 0 aliphatic rings. The van der Waals surface area contributed by atoms with Crippen molar-refractivity contribution in [1.82, 2.24) is 0 Å². The number of primary amides is 1. The minimum absolute atomic E-state index is 0.273. The number of rotatable bonds is 3. The molecule has 0 aliphatic carbocycles. The highest BCUT2D eigenvalue weighted by atomic mass is 127. The van der Waals surface area contributed by atoms with E-state index in [2.05, 4.69) is 22.6 Å². The number of amides is 1. The molecule has 0 saturated heterocycles. The molecule has 4 nitrogen and oxygen atoms in total. The van der Waals surface area contributed by atoms with Crippen LogP contribution in [0.5, 0.6) is 11.5 Å². The first-order valence-electron chi connectivity index (χ1n) is 5.20. The Hall–Kier alpha value is -1.76. The Kier molecular flexibility index (Phi) is 3.71. The number of para-hydroxylation sites is 2. The van der Waals surface area contributed by atoms with Crippen LogP contribution in [0.2, 0.25) is 0 Å². The van der Waals surface area contributed by atoms with Crippen molar-refractivity contribution in [3.8, 4) is 11.5 Å². The number of nitrogens with two attached hydrogens (primary N) is 2. The van der Waals surface area contributed by atoms with E-state index in [0.717, 1.165) is 3.57 Å². The summed E-state index contributed by atoms with van der Waals surface area (Å²) in [6, 6.07) is 12.4. The summed E-state index contributed by atoms with van der Waals surface area (Å²) < 4.78 is 6.62. The predicted molar refractivity (Wildman–Crippen MR) is 78.6 cm³/mol. The minimum atomic E-state index is -0.566. The molecule has 0 aliphatic heterocycles. The van der Waals surface area contributed by atoms with Crippen LogP contribution in [0.25, 0.3) is 0 Å². The fraction of sp³-hybridized carbons (Fsp3) is 0. The zero-order valence-electron chi connectivity index (χ0n) is 9.39. The van der Waals surface area contributed by atoms with Crippen LogP contribution >= 0.6 is 22.6 Å². The van der Waals surface area contributed by atoms with E-state index in [1.807, 2.05) is 18.2 Å². The van der Waals surface area contributed by atoms with Gasteiger partial charge in [0.2, 0.25) is 0 Å². The van der Waals surface area contributed by atoms with Crippen molar-refractivity contribution in [1.29, 1.82) is 0 Å². The number of nitrogen functional groups attached to an aromatic ring is 1. The topological polar surface area (TPSA) is 78.3 Å². The second-order valence-corrected chi connectivity index (χ2v) is 4.78. The van der Waals surface area contributed by atoms with Gasteiger partial charge in [-0.2, -0.15) is 0 Å². The molecule has 4 N–H and O–H groups in total. The molecule has 92 valence electrons. The van der Waals surface area contributed by atoms with E-state index in [0.29, 0.717) is 17.2 Å². The fourth-order valence-corrected chi connectivity index (χ4v) is 2.00. The van der Waals surface area contributed by atoms with Gasteiger partial charge < -0.3 is 16.2 Å². The molecule has 5 heteroatoms. The maximum atomic E-state index is 11.3. The van der Waals surface area contributed by atoms with E-state index in [4.69, 9.17) is 16.2 Å². The molecular formula is C13H11IN2O2. The van der Waals surface area contributed by atoms with E-state index in [1.165, 1.54) is 0 Å². The van der Waals surface area contributed by atoms with Crippen LogP contribution in [0.3, 0.4) is 0 Å². The number of hydrogen-bond donors (Lipinski definition) is 2. The second-order valence-electron chi connectivity index (χ2n) is 3.62. The average Bonchev–Trinajstić information content (AvgIpc) is 2.34. The molecule has 2 rings (SSSR count). The van der Waals surface area contributed by atoms with Crippen LogP contribution in [-0.2, 0) is 0 Å². The molecule has 0 spiro atoms. The summed E-state index contributed by atoms with van der Waals surface area (Å²) in [6.07, 6.45) is 0. The summed E-state index contributed by atoms with van der Waals surface area (Å²) >= 11 is 2.15. The van der Waals surface area contributed by atoms with Gasteiger partial charge in [-0.05, 0) is 46.9 Å². The highest BCUT2D eigenvalue weighted by Gasteiger charge is 2.14.